The molecule has 9 nitrogen and oxygen atoms in total. The molecule has 0 atom stereocenters. The second-order valence-corrected chi connectivity index (χ2v) is 7.16. The average Bonchev–Trinajstić information content (AvgIpc) is 2.67. The number of hydrogen-bond donors (Lipinski definition) is 3. The summed E-state index contributed by atoms with van der Waals surface area (Å²) in [7, 11) is 4.50. The predicted molar refractivity (Wildman–Crippen MR) is 111 cm³/mol. The van der Waals surface area contributed by atoms with Gasteiger partial charge in [-0.25, -0.2) is 9.59 Å². The van der Waals surface area contributed by atoms with E-state index in [1.54, 1.807) is 19.2 Å². The molecule has 0 heterocycles. The van der Waals surface area contributed by atoms with E-state index in [1.807, 2.05) is 26.8 Å². The summed E-state index contributed by atoms with van der Waals surface area (Å²) in [6.45, 7) is 7.03. The summed E-state index contributed by atoms with van der Waals surface area (Å²) in [6.07, 6.45) is 0.274. The molecule has 0 bridgehead atoms. The topological polar surface area (TPSA) is 110 Å². The molecular formula is C20H32N4O5. The lowest BCUT2D eigenvalue weighted by Gasteiger charge is -2.19. The summed E-state index contributed by atoms with van der Waals surface area (Å²) in [5.41, 5.74) is 0.731. The number of methoxy groups -OCH3 is 2. The van der Waals surface area contributed by atoms with Crippen molar-refractivity contribution in [2.45, 2.75) is 39.3 Å². The van der Waals surface area contributed by atoms with Gasteiger partial charge in [0, 0.05) is 26.7 Å². The number of carbonyl (C=O) groups excluding carboxylic acids is 2. The van der Waals surface area contributed by atoms with E-state index < -0.39 is 17.7 Å². The van der Waals surface area contributed by atoms with Gasteiger partial charge in [0.05, 0.1) is 14.2 Å². The minimum absolute atomic E-state index is 0.366. The van der Waals surface area contributed by atoms with Gasteiger partial charge in [0.1, 0.15) is 16.9 Å². The van der Waals surface area contributed by atoms with E-state index in [4.69, 9.17) is 14.2 Å². The highest BCUT2D eigenvalue weighted by Gasteiger charge is 2.15. The molecule has 0 saturated heterocycles. The molecule has 0 unspecified atom stereocenters. The van der Waals surface area contributed by atoms with Crippen molar-refractivity contribution in [2.75, 3.05) is 34.4 Å². The molecule has 0 saturated carbocycles. The Bertz CT molecular complexity index is 713. The molecule has 1 amide bonds. The first-order valence-electron chi connectivity index (χ1n) is 9.36. The average molecular weight is 408 g/mol. The quantitative estimate of drug-likeness (QED) is 0.261. The van der Waals surface area contributed by atoms with Crippen molar-refractivity contribution in [2.24, 2.45) is 4.99 Å². The van der Waals surface area contributed by atoms with Gasteiger partial charge >= 0.3 is 12.1 Å². The monoisotopic (exact) mass is 408 g/mol. The molecule has 0 aliphatic carbocycles. The third kappa shape index (κ3) is 9.18. The summed E-state index contributed by atoms with van der Waals surface area (Å²) in [6, 6.07) is 5.30. The molecule has 3 N–H and O–H groups in total. The number of aliphatic imine (C=N–C) groups is 1. The molecule has 1 aromatic rings. The number of nitrogens with zero attached hydrogens (tertiary/aromatic N) is 1. The Balaban J connectivity index is 2.43. The van der Waals surface area contributed by atoms with Gasteiger partial charge in [0.15, 0.2) is 5.96 Å². The van der Waals surface area contributed by atoms with Crippen LogP contribution in [0.5, 0.6) is 5.75 Å². The first-order chi connectivity index (χ1) is 13.7. The van der Waals surface area contributed by atoms with Gasteiger partial charge in [0.2, 0.25) is 0 Å². The Hall–Kier alpha value is -2.97. The zero-order valence-corrected chi connectivity index (χ0v) is 18.0. The molecule has 162 valence electrons. The lowest BCUT2D eigenvalue weighted by atomic mass is 10.1. The van der Waals surface area contributed by atoms with E-state index in [0.29, 0.717) is 43.3 Å². The highest BCUT2D eigenvalue weighted by atomic mass is 16.6. The van der Waals surface area contributed by atoms with Crippen molar-refractivity contribution in [1.82, 2.24) is 16.0 Å². The number of alkyl carbamates (subject to hydrolysis) is 1. The van der Waals surface area contributed by atoms with Crippen molar-refractivity contribution < 1.29 is 23.8 Å². The molecule has 0 aromatic heterocycles. The van der Waals surface area contributed by atoms with Crippen molar-refractivity contribution in [3.05, 3.63) is 29.3 Å². The van der Waals surface area contributed by atoms with E-state index in [1.165, 1.54) is 14.2 Å². The number of rotatable bonds is 8. The van der Waals surface area contributed by atoms with Crippen molar-refractivity contribution in [1.29, 1.82) is 0 Å². The first-order valence-corrected chi connectivity index (χ1v) is 9.36. The van der Waals surface area contributed by atoms with Crippen molar-refractivity contribution in [3.8, 4) is 5.75 Å². The number of carbonyl (C=O) groups is 2. The SMILES string of the molecule is CN=C(NCCCNC(=O)OC(C)(C)C)NCc1ccc(OC)c(C(=O)OC)c1. The number of ether oxygens (including phenoxy) is 3. The fourth-order valence-electron chi connectivity index (χ4n) is 2.34. The Morgan fingerprint density at radius 2 is 1.76 bits per heavy atom. The second-order valence-electron chi connectivity index (χ2n) is 7.16. The smallest absolute Gasteiger partial charge is 0.407 e. The van der Waals surface area contributed by atoms with Crippen LogP contribution in [-0.2, 0) is 16.0 Å². The normalized spacial score (nSPS) is 11.4. The van der Waals surface area contributed by atoms with Crippen LogP contribution in [0.4, 0.5) is 4.79 Å². The van der Waals surface area contributed by atoms with Crippen molar-refractivity contribution in [3.63, 3.8) is 0 Å². The Labute approximate surface area is 172 Å². The van der Waals surface area contributed by atoms with Crippen LogP contribution in [0.2, 0.25) is 0 Å². The maximum absolute atomic E-state index is 11.9. The number of amides is 1. The predicted octanol–water partition coefficient (Wildman–Crippen LogP) is 2.06. The number of nitrogens with one attached hydrogen (secondary N) is 3. The number of guanidine groups is 1. The van der Waals surface area contributed by atoms with Crippen LogP contribution in [0.15, 0.2) is 23.2 Å². The van der Waals surface area contributed by atoms with Crippen molar-refractivity contribution >= 4 is 18.0 Å². The maximum atomic E-state index is 11.9. The molecular weight excluding hydrogens is 376 g/mol. The molecule has 0 radical (unpaired) electrons. The van der Waals surface area contributed by atoms with Crippen LogP contribution in [0.1, 0.15) is 43.1 Å². The number of hydrogen-bond acceptors (Lipinski definition) is 6. The third-order valence-corrected chi connectivity index (χ3v) is 3.67. The van der Waals surface area contributed by atoms with Gasteiger partial charge in [0.25, 0.3) is 0 Å². The molecule has 1 aromatic carbocycles. The molecule has 0 fully saturated rings. The van der Waals surface area contributed by atoms with E-state index >= 15 is 0 Å². The van der Waals surface area contributed by atoms with Gasteiger partial charge in [-0.05, 0) is 44.9 Å². The Kier molecular flexibility index (Phi) is 9.78. The fourth-order valence-corrected chi connectivity index (χ4v) is 2.34. The first kappa shape index (κ1) is 24.1. The summed E-state index contributed by atoms with van der Waals surface area (Å²) < 4.78 is 15.2. The molecule has 0 aliphatic rings. The molecule has 1 rings (SSSR count). The largest absolute Gasteiger partial charge is 0.496 e. The van der Waals surface area contributed by atoms with Gasteiger partial charge in [-0.15, -0.1) is 0 Å². The molecule has 0 spiro atoms. The van der Waals surface area contributed by atoms with Crippen LogP contribution in [0, 0.1) is 0 Å². The van der Waals surface area contributed by atoms with Crippen LogP contribution >= 0.6 is 0 Å². The Morgan fingerprint density at radius 3 is 2.34 bits per heavy atom. The third-order valence-electron chi connectivity index (χ3n) is 3.67. The summed E-state index contributed by atoms with van der Waals surface area (Å²) in [5.74, 6) is 0.613. The second kappa shape index (κ2) is 11.8. The van der Waals surface area contributed by atoms with E-state index in [-0.39, 0.29) is 0 Å². The van der Waals surface area contributed by atoms with E-state index in [2.05, 4.69) is 20.9 Å². The van der Waals surface area contributed by atoms with Crippen LogP contribution in [-0.4, -0.2) is 58.0 Å². The zero-order valence-electron chi connectivity index (χ0n) is 18.0. The molecule has 9 heteroatoms. The summed E-state index contributed by atoms with van der Waals surface area (Å²) >= 11 is 0. The minimum atomic E-state index is -0.510. The number of benzene rings is 1. The minimum Gasteiger partial charge on any atom is -0.496 e. The summed E-state index contributed by atoms with van der Waals surface area (Å²) in [4.78, 5) is 27.6. The van der Waals surface area contributed by atoms with Crippen LogP contribution in [0.3, 0.4) is 0 Å². The van der Waals surface area contributed by atoms with Gasteiger partial charge in [-0.3, -0.25) is 4.99 Å². The molecule has 0 aliphatic heterocycles. The summed E-state index contributed by atoms with van der Waals surface area (Å²) in [5, 5.41) is 9.04. The molecule has 29 heavy (non-hydrogen) atoms. The highest BCUT2D eigenvalue weighted by Crippen LogP contribution is 2.20. The van der Waals surface area contributed by atoms with E-state index in [9.17, 15) is 9.59 Å². The van der Waals surface area contributed by atoms with E-state index in [0.717, 1.165) is 5.56 Å². The van der Waals surface area contributed by atoms with Crippen LogP contribution < -0.4 is 20.7 Å². The highest BCUT2D eigenvalue weighted by molar-refractivity contribution is 5.92. The van der Waals surface area contributed by atoms with Gasteiger partial charge < -0.3 is 30.2 Å². The number of esters is 1. The fraction of sp³-hybridized carbons (Fsp3) is 0.550. The maximum Gasteiger partial charge on any atom is 0.407 e. The zero-order chi connectivity index (χ0) is 21.9. The lowest BCUT2D eigenvalue weighted by molar-refractivity contribution is 0.0526. The standard InChI is InChI=1S/C20H32N4O5/c1-20(2,3)29-19(26)23-11-7-10-22-18(21-4)24-13-14-8-9-16(27-5)15(12-14)17(25)28-6/h8-9,12H,7,10-11,13H2,1-6H3,(H,23,26)(H2,21,22,24). The Morgan fingerprint density at radius 1 is 1.07 bits per heavy atom. The van der Waals surface area contributed by atoms with Crippen LogP contribution in [0.25, 0.3) is 0 Å². The lowest BCUT2D eigenvalue weighted by Crippen LogP contribution is -2.39. The van der Waals surface area contributed by atoms with Gasteiger partial charge in [-0.1, -0.05) is 6.07 Å². The van der Waals surface area contributed by atoms with Gasteiger partial charge in [-0.2, -0.15) is 0 Å².